The monoisotopic (exact) mass is 240 g/mol. The van der Waals surface area contributed by atoms with E-state index in [2.05, 4.69) is 4.74 Å². The van der Waals surface area contributed by atoms with Crippen molar-refractivity contribution >= 4 is 12.0 Å². The number of alkyl halides is 3. The van der Waals surface area contributed by atoms with Crippen LogP contribution in [0.4, 0.5) is 18.0 Å². The third-order valence-corrected chi connectivity index (χ3v) is 2.46. The number of carbonyl (C=O) groups is 2. The molecular formula is C8H11F3N2O3. The second-order valence-corrected chi connectivity index (χ2v) is 3.62. The lowest BCUT2D eigenvalue weighted by Gasteiger charge is -2.24. The van der Waals surface area contributed by atoms with Gasteiger partial charge in [0.1, 0.15) is 5.54 Å². The van der Waals surface area contributed by atoms with Crippen molar-refractivity contribution in [3.8, 4) is 0 Å². The number of hydrogen-bond donors (Lipinski definition) is 1. The van der Waals surface area contributed by atoms with Gasteiger partial charge in [-0.3, -0.25) is 9.69 Å². The molecule has 0 aromatic heterocycles. The van der Waals surface area contributed by atoms with Crippen LogP contribution in [-0.4, -0.2) is 42.3 Å². The van der Waals surface area contributed by atoms with Gasteiger partial charge in [0, 0.05) is 7.05 Å². The smallest absolute Gasteiger partial charge is 0.422 e. The summed E-state index contributed by atoms with van der Waals surface area (Å²) >= 11 is 0. The lowest BCUT2D eigenvalue weighted by atomic mass is 10.2. The highest BCUT2D eigenvalue weighted by Crippen LogP contribution is 2.40. The number of nitrogens with two attached hydrogens (primary N) is 1. The molecule has 0 saturated heterocycles. The average molecular weight is 240 g/mol. The zero-order valence-electron chi connectivity index (χ0n) is 8.50. The van der Waals surface area contributed by atoms with Crippen LogP contribution in [0.2, 0.25) is 0 Å². The van der Waals surface area contributed by atoms with E-state index < -0.39 is 30.3 Å². The summed E-state index contributed by atoms with van der Waals surface area (Å²) < 4.78 is 39.3. The zero-order valence-corrected chi connectivity index (χ0v) is 8.50. The number of rotatable bonds is 3. The Morgan fingerprint density at radius 3 is 2.25 bits per heavy atom. The van der Waals surface area contributed by atoms with Crippen LogP contribution >= 0.6 is 0 Å². The van der Waals surface area contributed by atoms with Crippen molar-refractivity contribution in [3.05, 3.63) is 0 Å². The van der Waals surface area contributed by atoms with Crippen LogP contribution in [0.25, 0.3) is 0 Å². The predicted octanol–water partition coefficient (Wildman–Crippen LogP) is 0.635. The summed E-state index contributed by atoms with van der Waals surface area (Å²) in [5.41, 5.74) is 3.88. The Bertz CT molecular complexity index is 312. The zero-order chi connectivity index (χ0) is 12.6. The summed E-state index contributed by atoms with van der Waals surface area (Å²) in [6.45, 7) is -1.68. The first kappa shape index (κ1) is 12.6. The van der Waals surface area contributed by atoms with Gasteiger partial charge in [-0.15, -0.1) is 0 Å². The van der Waals surface area contributed by atoms with Crippen molar-refractivity contribution in [2.45, 2.75) is 24.6 Å². The Labute approximate surface area is 89.3 Å². The van der Waals surface area contributed by atoms with Crippen LogP contribution in [-0.2, 0) is 9.53 Å². The summed E-state index contributed by atoms with van der Waals surface area (Å²) in [6, 6.07) is 0. The van der Waals surface area contributed by atoms with Crippen molar-refractivity contribution in [2.24, 2.45) is 5.73 Å². The third kappa shape index (κ3) is 2.56. The summed E-state index contributed by atoms with van der Waals surface area (Å²) in [6.07, 6.45) is -5.09. The molecule has 2 amide bonds. The molecule has 2 N–H and O–H groups in total. The van der Waals surface area contributed by atoms with Gasteiger partial charge in [-0.1, -0.05) is 0 Å². The van der Waals surface area contributed by atoms with Crippen molar-refractivity contribution in [1.29, 1.82) is 0 Å². The molecule has 8 heteroatoms. The molecule has 0 aromatic carbocycles. The van der Waals surface area contributed by atoms with E-state index in [1.54, 1.807) is 0 Å². The van der Waals surface area contributed by atoms with E-state index >= 15 is 0 Å². The van der Waals surface area contributed by atoms with Gasteiger partial charge >= 0.3 is 12.3 Å². The molecule has 0 heterocycles. The molecule has 5 nitrogen and oxygen atoms in total. The molecule has 0 aliphatic heterocycles. The van der Waals surface area contributed by atoms with Crippen LogP contribution in [0.5, 0.6) is 0 Å². The van der Waals surface area contributed by atoms with Gasteiger partial charge in [0.05, 0.1) is 0 Å². The summed E-state index contributed by atoms with van der Waals surface area (Å²) in [7, 11) is 1.19. The number of carbonyl (C=O) groups excluding carboxylic acids is 2. The Morgan fingerprint density at radius 2 is 1.94 bits per heavy atom. The topological polar surface area (TPSA) is 72.6 Å². The van der Waals surface area contributed by atoms with E-state index in [1.165, 1.54) is 7.05 Å². The Balaban J connectivity index is 2.52. The largest absolute Gasteiger partial charge is 0.440 e. The van der Waals surface area contributed by atoms with E-state index in [0.29, 0.717) is 12.8 Å². The SMILES string of the molecule is CN(C(=O)OCC(F)(F)F)C1(C(N)=O)CC1. The second-order valence-electron chi connectivity index (χ2n) is 3.62. The van der Waals surface area contributed by atoms with Crippen molar-refractivity contribution < 1.29 is 27.5 Å². The number of amides is 2. The van der Waals surface area contributed by atoms with Gasteiger partial charge in [-0.25, -0.2) is 4.79 Å². The molecule has 0 spiro atoms. The van der Waals surface area contributed by atoms with E-state index in [0.717, 1.165) is 4.90 Å². The minimum absolute atomic E-state index is 0.347. The maximum absolute atomic E-state index is 11.8. The van der Waals surface area contributed by atoms with Gasteiger partial charge in [-0.2, -0.15) is 13.2 Å². The lowest BCUT2D eigenvalue weighted by molar-refractivity contribution is -0.162. The molecule has 92 valence electrons. The van der Waals surface area contributed by atoms with Crippen molar-refractivity contribution in [2.75, 3.05) is 13.7 Å². The van der Waals surface area contributed by atoms with Crippen molar-refractivity contribution in [1.82, 2.24) is 4.90 Å². The Morgan fingerprint density at radius 1 is 1.44 bits per heavy atom. The molecule has 1 aliphatic rings. The maximum Gasteiger partial charge on any atom is 0.422 e. The maximum atomic E-state index is 11.8. The standard InChI is InChI=1S/C8H11F3N2O3/c1-13(7(2-3-7)5(12)14)6(15)16-4-8(9,10)11/h2-4H2,1H3,(H2,12,14). The summed E-state index contributed by atoms with van der Waals surface area (Å²) in [5.74, 6) is -0.737. The van der Waals surface area contributed by atoms with Crippen LogP contribution in [0.3, 0.4) is 0 Å². The molecule has 0 unspecified atom stereocenters. The Hall–Kier alpha value is -1.47. The van der Waals surface area contributed by atoms with Crippen molar-refractivity contribution in [3.63, 3.8) is 0 Å². The average Bonchev–Trinajstić information content (AvgIpc) is 2.92. The fourth-order valence-electron chi connectivity index (χ4n) is 1.28. The van der Waals surface area contributed by atoms with Crippen LogP contribution < -0.4 is 5.73 Å². The second kappa shape index (κ2) is 3.84. The molecule has 1 rings (SSSR count). The summed E-state index contributed by atoms with van der Waals surface area (Å²) in [4.78, 5) is 23.0. The fraction of sp³-hybridized carbons (Fsp3) is 0.750. The normalized spacial score (nSPS) is 17.8. The van der Waals surface area contributed by atoms with E-state index in [9.17, 15) is 22.8 Å². The van der Waals surface area contributed by atoms with Gasteiger partial charge in [0.15, 0.2) is 6.61 Å². The van der Waals surface area contributed by atoms with Gasteiger partial charge in [-0.05, 0) is 12.8 Å². The molecule has 0 atom stereocenters. The number of nitrogens with zero attached hydrogens (tertiary/aromatic N) is 1. The van der Waals surface area contributed by atoms with Gasteiger partial charge in [0.25, 0.3) is 0 Å². The number of halogens is 3. The first-order valence-corrected chi connectivity index (χ1v) is 4.46. The highest BCUT2D eigenvalue weighted by Gasteiger charge is 2.54. The fourth-order valence-corrected chi connectivity index (χ4v) is 1.28. The first-order chi connectivity index (χ1) is 7.19. The lowest BCUT2D eigenvalue weighted by Crippen LogP contribution is -2.48. The van der Waals surface area contributed by atoms with Crippen LogP contribution in [0, 0.1) is 0 Å². The third-order valence-electron chi connectivity index (χ3n) is 2.46. The van der Waals surface area contributed by atoms with Crippen LogP contribution in [0.15, 0.2) is 0 Å². The quantitative estimate of drug-likeness (QED) is 0.786. The first-order valence-electron chi connectivity index (χ1n) is 4.46. The number of hydrogen-bond acceptors (Lipinski definition) is 3. The number of primary amides is 1. The van der Waals surface area contributed by atoms with Gasteiger partial charge in [0.2, 0.25) is 5.91 Å². The molecule has 1 fully saturated rings. The molecule has 1 aliphatic carbocycles. The Kier molecular flexibility index (Phi) is 3.02. The van der Waals surface area contributed by atoms with Gasteiger partial charge < -0.3 is 10.5 Å². The molecule has 0 bridgehead atoms. The van der Waals surface area contributed by atoms with Crippen LogP contribution in [0.1, 0.15) is 12.8 Å². The van der Waals surface area contributed by atoms with E-state index in [4.69, 9.17) is 5.73 Å². The number of ether oxygens (including phenoxy) is 1. The molecule has 0 aromatic rings. The summed E-state index contributed by atoms with van der Waals surface area (Å²) in [5, 5.41) is 0. The molecule has 0 radical (unpaired) electrons. The highest BCUT2D eigenvalue weighted by molar-refractivity contribution is 5.91. The van der Waals surface area contributed by atoms with E-state index in [-0.39, 0.29) is 0 Å². The highest BCUT2D eigenvalue weighted by atomic mass is 19.4. The minimum Gasteiger partial charge on any atom is -0.440 e. The predicted molar refractivity (Wildman–Crippen MR) is 46.3 cm³/mol. The number of likely N-dealkylation sites (N-methyl/N-ethyl adjacent to an activating group) is 1. The molecular weight excluding hydrogens is 229 g/mol. The minimum atomic E-state index is -4.58. The molecule has 16 heavy (non-hydrogen) atoms. The molecule has 1 saturated carbocycles. The van der Waals surface area contributed by atoms with E-state index in [1.807, 2.05) is 0 Å².